The first-order valence-corrected chi connectivity index (χ1v) is 6.56. The summed E-state index contributed by atoms with van der Waals surface area (Å²) in [5.74, 6) is -0.497. The van der Waals surface area contributed by atoms with Crippen molar-refractivity contribution >= 4 is 5.91 Å². The molecule has 0 aromatic heterocycles. The fourth-order valence-electron chi connectivity index (χ4n) is 1.82. The Hall–Kier alpha value is -1.42. The van der Waals surface area contributed by atoms with Crippen LogP contribution >= 0.6 is 0 Å². The summed E-state index contributed by atoms with van der Waals surface area (Å²) in [5, 5.41) is 0. The van der Waals surface area contributed by atoms with Crippen molar-refractivity contribution in [2.24, 2.45) is 11.1 Å². The van der Waals surface area contributed by atoms with Gasteiger partial charge in [0.25, 0.3) is 5.91 Å². The van der Waals surface area contributed by atoms with Gasteiger partial charge < -0.3 is 10.6 Å². The van der Waals surface area contributed by atoms with Crippen LogP contribution in [-0.2, 0) is 0 Å². The highest BCUT2D eigenvalue weighted by Crippen LogP contribution is 2.18. The number of carbonyl (C=O) groups excluding carboxylic acids is 1. The van der Waals surface area contributed by atoms with Crippen LogP contribution in [0.5, 0.6) is 0 Å². The van der Waals surface area contributed by atoms with Crippen molar-refractivity contribution in [3.8, 4) is 0 Å². The molecule has 0 saturated carbocycles. The molecule has 3 nitrogen and oxygen atoms in total. The van der Waals surface area contributed by atoms with Gasteiger partial charge in [0.05, 0.1) is 0 Å². The summed E-state index contributed by atoms with van der Waals surface area (Å²) in [4.78, 5) is 14.1. The second kappa shape index (κ2) is 6.15. The number of amides is 1. The van der Waals surface area contributed by atoms with Gasteiger partial charge in [-0.15, -0.1) is 0 Å². The normalized spacial score (nSPS) is 11.5. The Balaban J connectivity index is 2.92. The third kappa shape index (κ3) is 4.03. The Bertz CT molecular complexity index is 457. The minimum atomic E-state index is -0.347. The van der Waals surface area contributed by atoms with Crippen molar-refractivity contribution in [3.05, 3.63) is 35.1 Å². The summed E-state index contributed by atoms with van der Waals surface area (Å²) in [6, 6.07) is 4.60. The van der Waals surface area contributed by atoms with Crippen molar-refractivity contribution in [2.75, 3.05) is 19.6 Å². The number of hydrogen-bond acceptors (Lipinski definition) is 2. The number of carbonyl (C=O) groups is 1. The molecule has 0 spiro atoms. The molecule has 106 valence electrons. The number of rotatable bonds is 5. The summed E-state index contributed by atoms with van der Waals surface area (Å²) < 4.78 is 13.5. The van der Waals surface area contributed by atoms with Crippen molar-refractivity contribution in [1.82, 2.24) is 4.90 Å². The summed E-state index contributed by atoms with van der Waals surface area (Å²) in [6.45, 7) is 9.26. The highest BCUT2D eigenvalue weighted by Gasteiger charge is 2.23. The second-order valence-corrected chi connectivity index (χ2v) is 5.65. The van der Waals surface area contributed by atoms with Gasteiger partial charge in [0.1, 0.15) is 5.82 Å². The van der Waals surface area contributed by atoms with E-state index in [0.29, 0.717) is 30.8 Å². The van der Waals surface area contributed by atoms with E-state index in [1.807, 2.05) is 20.8 Å². The van der Waals surface area contributed by atoms with Crippen LogP contribution in [0.15, 0.2) is 18.2 Å². The quantitative estimate of drug-likeness (QED) is 0.890. The monoisotopic (exact) mass is 266 g/mol. The molecule has 0 unspecified atom stereocenters. The molecule has 0 aliphatic rings. The van der Waals surface area contributed by atoms with E-state index >= 15 is 0 Å². The maximum absolute atomic E-state index is 13.5. The Morgan fingerprint density at radius 3 is 2.53 bits per heavy atom. The molecular weight excluding hydrogens is 243 g/mol. The highest BCUT2D eigenvalue weighted by molar-refractivity contribution is 5.94. The van der Waals surface area contributed by atoms with E-state index in [1.54, 1.807) is 24.0 Å². The predicted molar refractivity (Wildman–Crippen MR) is 75.5 cm³/mol. The average molecular weight is 266 g/mol. The molecule has 0 fully saturated rings. The number of aryl methyl sites for hydroxylation is 1. The van der Waals surface area contributed by atoms with E-state index in [9.17, 15) is 9.18 Å². The first kappa shape index (κ1) is 15.6. The lowest BCUT2D eigenvalue weighted by atomic mass is 9.93. The molecule has 1 amide bonds. The maximum Gasteiger partial charge on any atom is 0.253 e. The van der Waals surface area contributed by atoms with Gasteiger partial charge in [-0.25, -0.2) is 4.39 Å². The Morgan fingerprint density at radius 1 is 1.42 bits per heavy atom. The molecule has 1 aromatic carbocycles. The maximum atomic E-state index is 13.5. The van der Waals surface area contributed by atoms with Gasteiger partial charge in [-0.05, 0) is 43.5 Å². The first-order valence-electron chi connectivity index (χ1n) is 6.56. The summed E-state index contributed by atoms with van der Waals surface area (Å²) in [6.07, 6.45) is 0. The van der Waals surface area contributed by atoms with Crippen LogP contribution in [0.25, 0.3) is 0 Å². The van der Waals surface area contributed by atoms with Gasteiger partial charge in [-0.2, -0.15) is 0 Å². The molecule has 0 aliphatic heterocycles. The first-order chi connectivity index (χ1) is 8.80. The fraction of sp³-hybridized carbons (Fsp3) is 0.533. The average Bonchev–Trinajstić information content (AvgIpc) is 2.38. The van der Waals surface area contributed by atoms with E-state index in [0.717, 1.165) is 0 Å². The standard InChI is InChI=1S/C15H23FN2O/c1-5-18(10-15(3,4)9-17)14(19)12-7-6-11(2)13(16)8-12/h6-8H,5,9-10,17H2,1-4H3. The molecule has 2 N–H and O–H groups in total. The van der Waals surface area contributed by atoms with Crippen LogP contribution < -0.4 is 5.73 Å². The van der Waals surface area contributed by atoms with E-state index in [-0.39, 0.29) is 17.1 Å². The number of nitrogens with two attached hydrogens (primary N) is 1. The zero-order chi connectivity index (χ0) is 14.6. The van der Waals surface area contributed by atoms with Gasteiger partial charge >= 0.3 is 0 Å². The molecule has 0 atom stereocenters. The zero-order valence-corrected chi connectivity index (χ0v) is 12.2. The molecule has 4 heteroatoms. The van der Waals surface area contributed by atoms with Crippen LogP contribution in [0.4, 0.5) is 4.39 Å². The van der Waals surface area contributed by atoms with Crippen molar-refractivity contribution < 1.29 is 9.18 Å². The Labute approximate surface area is 114 Å². The lowest BCUT2D eigenvalue weighted by Gasteiger charge is -2.31. The van der Waals surface area contributed by atoms with Crippen LogP contribution in [0.1, 0.15) is 36.7 Å². The Morgan fingerprint density at radius 2 is 2.05 bits per heavy atom. The van der Waals surface area contributed by atoms with Crippen LogP contribution in [0.3, 0.4) is 0 Å². The number of nitrogens with zero attached hydrogens (tertiary/aromatic N) is 1. The zero-order valence-electron chi connectivity index (χ0n) is 12.2. The molecular formula is C15H23FN2O. The molecule has 19 heavy (non-hydrogen) atoms. The summed E-state index contributed by atoms with van der Waals surface area (Å²) in [7, 11) is 0. The van der Waals surface area contributed by atoms with Crippen LogP contribution in [0.2, 0.25) is 0 Å². The van der Waals surface area contributed by atoms with E-state index in [4.69, 9.17) is 5.73 Å². The lowest BCUT2D eigenvalue weighted by Crippen LogP contribution is -2.42. The third-order valence-corrected chi connectivity index (χ3v) is 3.26. The molecule has 0 saturated heterocycles. The molecule has 1 aromatic rings. The molecule has 0 heterocycles. The molecule has 0 radical (unpaired) electrons. The largest absolute Gasteiger partial charge is 0.338 e. The number of hydrogen-bond donors (Lipinski definition) is 1. The van der Waals surface area contributed by atoms with Crippen molar-refractivity contribution in [2.45, 2.75) is 27.7 Å². The van der Waals surface area contributed by atoms with Gasteiger partial charge in [0.2, 0.25) is 0 Å². The number of benzene rings is 1. The van der Waals surface area contributed by atoms with E-state index < -0.39 is 0 Å². The topological polar surface area (TPSA) is 46.3 Å². The minimum Gasteiger partial charge on any atom is -0.338 e. The third-order valence-electron chi connectivity index (χ3n) is 3.26. The van der Waals surface area contributed by atoms with Crippen LogP contribution in [0, 0.1) is 18.2 Å². The van der Waals surface area contributed by atoms with Crippen molar-refractivity contribution in [1.29, 1.82) is 0 Å². The smallest absolute Gasteiger partial charge is 0.253 e. The SMILES string of the molecule is CCN(CC(C)(C)CN)C(=O)c1ccc(C)c(F)c1. The van der Waals surface area contributed by atoms with E-state index in [1.165, 1.54) is 6.07 Å². The van der Waals surface area contributed by atoms with Gasteiger partial charge in [0.15, 0.2) is 0 Å². The predicted octanol–water partition coefficient (Wildman–Crippen LogP) is 2.58. The number of halogens is 1. The Kier molecular flexibility index (Phi) is 5.06. The van der Waals surface area contributed by atoms with Crippen LogP contribution in [-0.4, -0.2) is 30.4 Å². The van der Waals surface area contributed by atoms with Gasteiger partial charge in [0, 0.05) is 18.7 Å². The minimum absolute atomic E-state index is 0.144. The summed E-state index contributed by atoms with van der Waals surface area (Å²) in [5.41, 5.74) is 6.48. The van der Waals surface area contributed by atoms with E-state index in [2.05, 4.69) is 0 Å². The molecule has 0 bridgehead atoms. The molecule has 1 rings (SSSR count). The lowest BCUT2D eigenvalue weighted by molar-refractivity contribution is 0.0700. The summed E-state index contributed by atoms with van der Waals surface area (Å²) >= 11 is 0. The van der Waals surface area contributed by atoms with Crippen molar-refractivity contribution in [3.63, 3.8) is 0 Å². The highest BCUT2D eigenvalue weighted by atomic mass is 19.1. The van der Waals surface area contributed by atoms with Gasteiger partial charge in [-0.3, -0.25) is 4.79 Å². The molecule has 0 aliphatic carbocycles. The van der Waals surface area contributed by atoms with Gasteiger partial charge in [-0.1, -0.05) is 19.9 Å². The second-order valence-electron chi connectivity index (χ2n) is 5.65. The fourth-order valence-corrected chi connectivity index (χ4v) is 1.82.